The zero-order valence-corrected chi connectivity index (χ0v) is 21.2. The molecule has 0 aliphatic rings. The van der Waals surface area contributed by atoms with Crippen molar-refractivity contribution in [3.63, 3.8) is 0 Å². The largest absolute Gasteiger partial charge is 0.490 e. The van der Waals surface area contributed by atoms with Crippen molar-refractivity contribution in [3.8, 4) is 0 Å². The number of hydrogen-bond donors (Lipinski definition) is 2. The molecule has 1 amide bonds. The first-order valence-corrected chi connectivity index (χ1v) is 11.6. The zero-order chi connectivity index (χ0) is 31.5. The Morgan fingerprint density at radius 1 is 0.810 bits per heavy atom. The second-order valence-corrected chi connectivity index (χ2v) is 8.70. The Balaban J connectivity index is 0.000000616. The lowest BCUT2D eigenvalue weighted by Gasteiger charge is -2.23. The summed E-state index contributed by atoms with van der Waals surface area (Å²) in [5.74, 6) is -3.54. The van der Waals surface area contributed by atoms with E-state index in [1.54, 1.807) is 0 Å². The van der Waals surface area contributed by atoms with E-state index in [9.17, 15) is 44.3 Å². The fraction of sp³-hybridized carbons (Fsp3) is 0.154. The van der Waals surface area contributed by atoms with Crippen LogP contribution in [0, 0.1) is 0 Å². The lowest BCUT2D eigenvalue weighted by molar-refractivity contribution is -0.192. The summed E-state index contributed by atoms with van der Waals surface area (Å²) < 4.78 is 112. The number of alkyl halides is 9. The molecule has 1 atom stereocenters. The summed E-state index contributed by atoms with van der Waals surface area (Å²) in [6, 6.07) is 9.70. The molecule has 0 unspecified atom stereocenters. The van der Waals surface area contributed by atoms with Gasteiger partial charge in [0.05, 0.1) is 33.4 Å². The Morgan fingerprint density at radius 2 is 1.43 bits per heavy atom. The van der Waals surface area contributed by atoms with Gasteiger partial charge in [-0.1, -0.05) is 23.7 Å². The topological polar surface area (TPSA) is 92.2 Å². The second-order valence-electron chi connectivity index (χ2n) is 8.29. The highest BCUT2D eigenvalue weighted by molar-refractivity contribution is 6.35. The number of carbonyl (C=O) groups is 2. The van der Waals surface area contributed by atoms with Crippen LogP contribution in [0.5, 0.6) is 0 Å². The summed E-state index contributed by atoms with van der Waals surface area (Å²) in [6.07, 6.45) is -12.0. The maximum atomic E-state index is 13.7. The molecule has 4 rings (SSSR count). The normalized spacial score (nSPS) is 12.7. The molecule has 0 radical (unpaired) electrons. The lowest BCUT2D eigenvalue weighted by Crippen LogP contribution is -2.31. The summed E-state index contributed by atoms with van der Waals surface area (Å²) in [6.45, 7) is 0. The number of carbonyl (C=O) groups excluding carboxylic acids is 1. The zero-order valence-electron chi connectivity index (χ0n) is 20.4. The van der Waals surface area contributed by atoms with Gasteiger partial charge in [0, 0.05) is 23.3 Å². The van der Waals surface area contributed by atoms with Gasteiger partial charge in [-0.25, -0.2) is 4.79 Å². The smallest absolute Gasteiger partial charge is 0.475 e. The maximum absolute atomic E-state index is 13.7. The number of nitrogens with one attached hydrogen (secondary N) is 1. The molecular formula is C26H15ClF9N3O3. The van der Waals surface area contributed by atoms with E-state index < -0.39 is 53.3 Å². The van der Waals surface area contributed by atoms with Crippen molar-refractivity contribution in [1.29, 1.82) is 0 Å². The molecule has 42 heavy (non-hydrogen) atoms. The summed E-state index contributed by atoms with van der Waals surface area (Å²) in [5.41, 5.74) is -2.13. The first kappa shape index (κ1) is 32.1. The molecule has 6 nitrogen and oxygen atoms in total. The van der Waals surface area contributed by atoms with Crippen LogP contribution in [0.3, 0.4) is 0 Å². The first-order valence-electron chi connectivity index (χ1n) is 11.2. The highest BCUT2D eigenvalue weighted by atomic mass is 35.5. The molecule has 0 bridgehead atoms. The Bertz CT molecular complexity index is 1590. The Morgan fingerprint density at radius 3 is 1.98 bits per heavy atom. The molecule has 2 heterocycles. The number of aromatic nitrogens is 2. The molecule has 2 aromatic heterocycles. The van der Waals surface area contributed by atoms with Gasteiger partial charge in [0.1, 0.15) is 0 Å². The number of halogens is 10. The van der Waals surface area contributed by atoms with E-state index in [4.69, 9.17) is 21.5 Å². The van der Waals surface area contributed by atoms with E-state index in [-0.39, 0.29) is 11.1 Å². The van der Waals surface area contributed by atoms with Crippen molar-refractivity contribution in [3.05, 3.63) is 106 Å². The molecule has 2 N–H and O–H groups in total. The third-order valence-corrected chi connectivity index (χ3v) is 5.79. The van der Waals surface area contributed by atoms with Gasteiger partial charge >= 0.3 is 24.5 Å². The van der Waals surface area contributed by atoms with E-state index in [0.29, 0.717) is 15.9 Å². The lowest BCUT2D eigenvalue weighted by atomic mass is 9.97. The number of nitrogens with zero attached hydrogens (tertiary/aromatic N) is 2. The van der Waals surface area contributed by atoms with Crippen molar-refractivity contribution >= 4 is 34.4 Å². The molecule has 0 saturated heterocycles. The second kappa shape index (κ2) is 12.2. The highest BCUT2D eigenvalue weighted by Gasteiger charge is 2.39. The van der Waals surface area contributed by atoms with Crippen molar-refractivity contribution < 1.29 is 54.2 Å². The monoisotopic (exact) mass is 623 g/mol. The standard InChI is InChI=1S/C24H14ClF6N3O.C2HF3O2/c25-18-9-11-32-19-8-5-14(12-16(18)19)22(35)34-20(13-3-6-15(7-4-13)23(26,27)28)21-17(24(29,30)31)2-1-10-33-21;3-2(4,5)1(6)7/h1-12,20H,(H,34,35);(H,6,7)/t20-;/m0./s1. The van der Waals surface area contributed by atoms with Gasteiger partial charge in [-0.3, -0.25) is 14.8 Å². The van der Waals surface area contributed by atoms with Gasteiger partial charge in [-0.05, 0) is 54.1 Å². The van der Waals surface area contributed by atoms with E-state index >= 15 is 0 Å². The summed E-state index contributed by atoms with van der Waals surface area (Å²) in [5, 5.41) is 10.4. The van der Waals surface area contributed by atoms with Gasteiger partial charge in [0.2, 0.25) is 0 Å². The molecular weight excluding hydrogens is 609 g/mol. The Kier molecular flexibility index (Phi) is 9.35. The number of hydrogen-bond acceptors (Lipinski definition) is 4. The number of carboxylic acids is 1. The van der Waals surface area contributed by atoms with Crippen LogP contribution in [0.25, 0.3) is 10.9 Å². The number of pyridine rings is 2. The van der Waals surface area contributed by atoms with Crippen LogP contribution in [-0.2, 0) is 17.1 Å². The maximum Gasteiger partial charge on any atom is 0.490 e. The molecule has 222 valence electrons. The number of amides is 1. The minimum absolute atomic E-state index is 0.0176. The number of carboxylic acid groups (broad SMARTS) is 1. The van der Waals surface area contributed by atoms with Crippen molar-refractivity contribution in [2.75, 3.05) is 0 Å². The minimum atomic E-state index is -5.08. The van der Waals surface area contributed by atoms with Gasteiger partial charge in [0.25, 0.3) is 5.91 Å². The predicted octanol–water partition coefficient (Wildman–Crippen LogP) is 7.47. The molecule has 0 saturated carbocycles. The van der Waals surface area contributed by atoms with Gasteiger partial charge < -0.3 is 10.4 Å². The minimum Gasteiger partial charge on any atom is -0.475 e. The molecule has 0 spiro atoms. The number of fused-ring (bicyclic) bond motifs is 1. The van der Waals surface area contributed by atoms with Crippen LogP contribution in [0.15, 0.2) is 73.1 Å². The van der Waals surface area contributed by atoms with Crippen LogP contribution in [0.1, 0.15) is 38.8 Å². The third kappa shape index (κ3) is 7.87. The average molecular weight is 624 g/mol. The first-order chi connectivity index (χ1) is 19.4. The fourth-order valence-electron chi connectivity index (χ4n) is 3.53. The SMILES string of the molecule is O=C(N[C@@H](c1ccc(C(F)(F)F)cc1)c1ncccc1C(F)(F)F)c1ccc2nccc(Cl)c2c1.O=C(O)C(F)(F)F. The van der Waals surface area contributed by atoms with Gasteiger partial charge in [0.15, 0.2) is 0 Å². The van der Waals surface area contributed by atoms with Crippen LogP contribution < -0.4 is 5.32 Å². The fourth-order valence-corrected chi connectivity index (χ4v) is 3.74. The van der Waals surface area contributed by atoms with Crippen LogP contribution in [0.4, 0.5) is 39.5 Å². The van der Waals surface area contributed by atoms with Crippen LogP contribution in [-0.4, -0.2) is 33.1 Å². The predicted molar refractivity (Wildman–Crippen MR) is 130 cm³/mol. The molecule has 4 aromatic rings. The quantitative estimate of drug-likeness (QED) is 0.230. The Labute approximate surface area is 234 Å². The average Bonchev–Trinajstić information content (AvgIpc) is 2.90. The summed E-state index contributed by atoms with van der Waals surface area (Å²) in [4.78, 5) is 29.9. The van der Waals surface area contributed by atoms with E-state index in [0.717, 1.165) is 42.6 Å². The van der Waals surface area contributed by atoms with Crippen LogP contribution in [0.2, 0.25) is 5.02 Å². The van der Waals surface area contributed by atoms with E-state index in [1.807, 2.05) is 0 Å². The van der Waals surface area contributed by atoms with Gasteiger partial charge in [-0.15, -0.1) is 0 Å². The summed E-state index contributed by atoms with van der Waals surface area (Å²) in [7, 11) is 0. The number of rotatable bonds is 4. The molecule has 16 heteroatoms. The highest BCUT2D eigenvalue weighted by Crippen LogP contribution is 2.37. The van der Waals surface area contributed by atoms with E-state index in [2.05, 4.69) is 15.3 Å². The van der Waals surface area contributed by atoms with Gasteiger partial charge in [-0.2, -0.15) is 39.5 Å². The van der Waals surface area contributed by atoms with Crippen molar-refractivity contribution in [2.24, 2.45) is 0 Å². The van der Waals surface area contributed by atoms with Crippen molar-refractivity contribution in [1.82, 2.24) is 15.3 Å². The van der Waals surface area contributed by atoms with Crippen molar-refractivity contribution in [2.45, 2.75) is 24.6 Å². The van der Waals surface area contributed by atoms with E-state index in [1.165, 1.54) is 30.5 Å². The molecule has 0 fully saturated rings. The molecule has 0 aliphatic carbocycles. The summed E-state index contributed by atoms with van der Waals surface area (Å²) >= 11 is 6.16. The van der Waals surface area contributed by atoms with Crippen LogP contribution >= 0.6 is 11.6 Å². The number of aliphatic carboxylic acids is 1. The third-order valence-electron chi connectivity index (χ3n) is 5.46. The molecule has 0 aliphatic heterocycles. The Hall–Kier alpha value is -4.40. The number of benzene rings is 2. The molecule has 2 aromatic carbocycles.